The Morgan fingerprint density at radius 2 is 1.83 bits per heavy atom. The molecule has 6 heteroatoms. The Labute approximate surface area is 111 Å². The number of hydrogen-bond acceptors (Lipinski definition) is 3. The van der Waals surface area contributed by atoms with Gasteiger partial charge >= 0.3 is 45.5 Å². The molecule has 0 radical (unpaired) electrons. The third-order valence-electron chi connectivity index (χ3n) is 1.20. The van der Waals surface area contributed by atoms with Crippen LogP contribution >= 0.6 is 0 Å². The van der Waals surface area contributed by atoms with E-state index in [4.69, 9.17) is 10.3 Å². The van der Waals surface area contributed by atoms with E-state index < -0.39 is 10.1 Å². The van der Waals surface area contributed by atoms with Crippen LogP contribution < -0.4 is 5.73 Å². The fourth-order valence-corrected chi connectivity index (χ4v) is 1.33. The maximum atomic E-state index is 10.5. The smallest absolute Gasteiger partial charge is 1.00 e. The van der Waals surface area contributed by atoms with E-state index >= 15 is 0 Å². The minimum atomic E-state index is -4.16. The molecule has 0 heterocycles. The standard InChI is InChI=1S/C6H7NO3S.Sr.2H/c7-5-3-1-2-4-6(5)11(8,9)10;;;/h1-4H,7H2,(H,8,9,10);;;/q;+2;2*-1. The van der Waals surface area contributed by atoms with Crippen LogP contribution in [0.25, 0.3) is 0 Å². The van der Waals surface area contributed by atoms with E-state index in [0.29, 0.717) is 0 Å². The van der Waals surface area contributed by atoms with Crippen LogP contribution in [0.15, 0.2) is 29.2 Å². The Morgan fingerprint density at radius 1 is 1.33 bits per heavy atom. The summed E-state index contributed by atoms with van der Waals surface area (Å²) < 4.78 is 29.6. The number of anilines is 1. The fourth-order valence-electron chi connectivity index (χ4n) is 0.715. The van der Waals surface area contributed by atoms with Crippen molar-refractivity contribution in [2.45, 2.75) is 4.90 Å². The normalized spacial score (nSPS) is 10.4. The Balaban J connectivity index is -0.000000403. The summed E-state index contributed by atoms with van der Waals surface area (Å²) in [4.78, 5) is -0.250. The van der Waals surface area contributed by atoms with Crippen molar-refractivity contribution in [1.82, 2.24) is 0 Å². The summed E-state index contributed by atoms with van der Waals surface area (Å²) in [7, 11) is -4.16. The molecule has 0 unspecified atom stereocenters. The molecule has 0 saturated heterocycles. The molecule has 0 fully saturated rings. The molecule has 1 rings (SSSR count). The van der Waals surface area contributed by atoms with Gasteiger partial charge in [0, 0.05) is 0 Å². The Bertz CT molecular complexity index is 371. The molecule has 0 aliphatic heterocycles. The van der Waals surface area contributed by atoms with Gasteiger partial charge in [0.05, 0.1) is 5.69 Å². The molecule has 1 aromatic rings. The van der Waals surface area contributed by atoms with Crippen molar-refractivity contribution in [3.8, 4) is 0 Å². The van der Waals surface area contributed by atoms with E-state index in [0.717, 1.165) is 0 Å². The van der Waals surface area contributed by atoms with Crippen LogP contribution in [0.1, 0.15) is 2.85 Å². The van der Waals surface area contributed by atoms with Crippen LogP contribution in [0.5, 0.6) is 0 Å². The molecule has 0 aliphatic rings. The first-order valence-electron chi connectivity index (χ1n) is 2.84. The summed E-state index contributed by atoms with van der Waals surface area (Å²) in [6.45, 7) is 0. The van der Waals surface area contributed by atoms with E-state index in [1.165, 1.54) is 18.2 Å². The predicted octanol–water partition coefficient (Wildman–Crippen LogP) is 0.360. The first-order chi connectivity index (χ1) is 5.02. The topological polar surface area (TPSA) is 80.4 Å². The SMILES string of the molecule is Nc1ccccc1S(=O)(=O)O.[H-].[H-].[Sr+2]. The zero-order chi connectivity index (χ0) is 8.48. The number of nitrogens with two attached hydrogens (primary N) is 1. The van der Waals surface area contributed by atoms with Crippen molar-refractivity contribution in [2.24, 2.45) is 0 Å². The molecular weight excluding hydrogens is 254 g/mol. The Morgan fingerprint density at radius 3 is 2.17 bits per heavy atom. The first kappa shape index (κ1) is 12.4. The first-order valence-corrected chi connectivity index (χ1v) is 4.28. The molecular formula is C6H9NO3SSr. The zero-order valence-electron chi connectivity index (χ0n) is 8.27. The molecule has 0 saturated carbocycles. The van der Waals surface area contributed by atoms with Crippen LogP contribution in [0.4, 0.5) is 5.69 Å². The Hall–Kier alpha value is 0.411. The van der Waals surface area contributed by atoms with Crippen molar-refractivity contribution < 1.29 is 15.8 Å². The Kier molecular flexibility index (Phi) is 4.75. The summed E-state index contributed by atoms with van der Waals surface area (Å²) in [5.41, 5.74) is 5.32. The van der Waals surface area contributed by atoms with Gasteiger partial charge in [0.15, 0.2) is 0 Å². The average molecular weight is 263 g/mol. The van der Waals surface area contributed by atoms with Crippen LogP contribution in [0.3, 0.4) is 0 Å². The second-order valence-electron chi connectivity index (χ2n) is 2.01. The number of benzene rings is 1. The number of rotatable bonds is 1. The molecule has 1 aromatic carbocycles. The average Bonchev–Trinajstić information content (AvgIpc) is 1.86. The van der Waals surface area contributed by atoms with Gasteiger partial charge in [-0.15, -0.1) is 0 Å². The molecule has 0 aromatic heterocycles. The summed E-state index contributed by atoms with van der Waals surface area (Å²) in [5.74, 6) is 0. The van der Waals surface area contributed by atoms with Crippen LogP contribution in [-0.4, -0.2) is 58.5 Å². The second kappa shape index (κ2) is 4.59. The van der Waals surface area contributed by atoms with Crippen LogP contribution in [-0.2, 0) is 10.1 Å². The van der Waals surface area contributed by atoms with Gasteiger partial charge in [-0.05, 0) is 12.1 Å². The van der Waals surface area contributed by atoms with Crippen molar-refractivity contribution in [3.05, 3.63) is 24.3 Å². The van der Waals surface area contributed by atoms with Gasteiger partial charge in [-0.3, -0.25) is 4.55 Å². The number of nitrogen functional groups attached to an aromatic ring is 1. The monoisotopic (exact) mass is 263 g/mol. The van der Waals surface area contributed by atoms with Gasteiger partial charge in [-0.1, -0.05) is 12.1 Å². The minimum absolute atomic E-state index is 0. The summed E-state index contributed by atoms with van der Waals surface area (Å²) >= 11 is 0. The van der Waals surface area contributed by atoms with E-state index in [9.17, 15) is 8.42 Å². The maximum Gasteiger partial charge on any atom is 2.00 e. The third kappa shape index (κ3) is 3.04. The van der Waals surface area contributed by atoms with Gasteiger partial charge in [0.25, 0.3) is 10.1 Å². The van der Waals surface area contributed by atoms with Crippen molar-refractivity contribution in [3.63, 3.8) is 0 Å². The van der Waals surface area contributed by atoms with Gasteiger partial charge < -0.3 is 8.59 Å². The van der Waals surface area contributed by atoms with Gasteiger partial charge in [-0.25, -0.2) is 0 Å². The fraction of sp³-hybridized carbons (Fsp3) is 0. The minimum Gasteiger partial charge on any atom is -1.00 e. The van der Waals surface area contributed by atoms with Gasteiger partial charge in [0.2, 0.25) is 0 Å². The van der Waals surface area contributed by atoms with E-state index in [1.807, 2.05) is 0 Å². The van der Waals surface area contributed by atoms with E-state index in [2.05, 4.69) is 0 Å². The molecule has 4 nitrogen and oxygen atoms in total. The van der Waals surface area contributed by atoms with Crippen molar-refractivity contribution >= 4 is 61.3 Å². The number of hydrogen-bond donors (Lipinski definition) is 2. The third-order valence-corrected chi connectivity index (χ3v) is 2.12. The van der Waals surface area contributed by atoms with E-state index in [-0.39, 0.29) is 58.9 Å². The molecule has 3 N–H and O–H groups in total. The largest absolute Gasteiger partial charge is 2.00 e. The summed E-state index contributed by atoms with van der Waals surface area (Å²) in [6.07, 6.45) is 0. The summed E-state index contributed by atoms with van der Waals surface area (Å²) in [6, 6.07) is 5.72. The zero-order valence-corrected chi connectivity index (χ0v) is 10.6. The summed E-state index contributed by atoms with van der Waals surface area (Å²) in [5, 5.41) is 0. The van der Waals surface area contributed by atoms with Gasteiger partial charge in [0.1, 0.15) is 4.90 Å². The molecule has 64 valence electrons. The van der Waals surface area contributed by atoms with Crippen molar-refractivity contribution in [1.29, 1.82) is 0 Å². The number of para-hydroxylation sites is 1. The molecule has 0 spiro atoms. The molecule has 0 bridgehead atoms. The van der Waals surface area contributed by atoms with Crippen LogP contribution in [0.2, 0.25) is 0 Å². The molecule has 12 heavy (non-hydrogen) atoms. The quantitative estimate of drug-likeness (QED) is 0.435. The van der Waals surface area contributed by atoms with Gasteiger partial charge in [-0.2, -0.15) is 8.42 Å². The van der Waals surface area contributed by atoms with E-state index in [1.54, 1.807) is 6.07 Å². The van der Waals surface area contributed by atoms with Crippen LogP contribution in [0, 0.1) is 0 Å². The maximum absolute atomic E-state index is 10.5. The molecule has 0 aliphatic carbocycles. The van der Waals surface area contributed by atoms with Crippen molar-refractivity contribution in [2.75, 3.05) is 5.73 Å². The predicted molar refractivity (Wildman–Crippen MR) is 48.6 cm³/mol. The molecule has 0 atom stereocenters. The molecule has 0 amide bonds. The second-order valence-corrected chi connectivity index (χ2v) is 3.40.